The SMILES string of the molecule is CN(C)Cc1coc2cc(O)ccc12. The zero-order valence-corrected chi connectivity index (χ0v) is 8.32. The number of benzene rings is 1. The highest BCUT2D eigenvalue weighted by Gasteiger charge is 2.06. The van der Waals surface area contributed by atoms with E-state index in [4.69, 9.17) is 4.42 Å². The standard InChI is InChI=1S/C11H13NO2/c1-12(2)6-8-7-14-11-5-9(13)3-4-10(8)11/h3-5,7,13H,6H2,1-2H3. The summed E-state index contributed by atoms with van der Waals surface area (Å²) in [6.07, 6.45) is 1.74. The van der Waals surface area contributed by atoms with E-state index < -0.39 is 0 Å². The summed E-state index contributed by atoms with van der Waals surface area (Å²) >= 11 is 0. The molecule has 0 bridgehead atoms. The fourth-order valence-electron chi connectivity index (χ4n) is 1.54. The smallest absolute Gasteiger partial charge is 0.137 e. The molecule has 0 aliphatic rings. The highest BCUT2D eigenvalue weighted by molar-refractivity contribution is 5.82. The Kier molecular flexibility index (Phi) is 2.17. The molecule has 0 saturated heterocycles. The molecule has 0 aliphatic heterocycles. The van der Waals surface area contributed by atoms with Gasteiger partial charge in [-0.1, -0.05) is 0 Å². The molecule has 14 heavy (non-hydrogen) atoms. The van der Waals surface area contributed by atoms with Crippen LogP contribution in [-0.2, 0) is 6.54 Å². The van der Waals surface area contributed by atoms with Crippen LogP contribution in [0, 0.1) is 0 Å². The second kappa shape index (κ2) is 3.35. The van der Waals surface area contributed by atoms with Crippen LogP contribution in [0.5, 0.6) is 5.75 Å². The maximum Gasteiger partial charge on any atom is 0.137 e. The predicted molar refractivity (Wildman–Crippen MR) is 55.3 cm³/mol. The van der Waals surface area contributed by atoms with Gasteiger partial charge in [-0.25, -0.2) is 0 Å². The summed E-state index contributed by atoms with van der Waals surface area (Å²) in [4.78, 5) is 2.08. The quantitative estimate of drug-likeness (QED) is 0.790. The summed E-state index contributed by atoms with van der Waals surface area (Å²) < 4.78 is 5.34. The van der Waals surface area contributed by atoms with E-state index in [0.717, 1.165) is 23.1 Å². The van der Waals surface area contributed by atoms with Gasteiger partial charge in [-0.15, -0.1) is 0 Å². The summed E-state index contributed by atoms with van der Waals surface area (Å²) in [6.45, 7) is 0.845. The molecule has 1 aromatic heterocycles. The molecule has 2 aromatic rings. The van der Waals surface area contributed by atoms with Crippen LogP contribution in [0.25, 0.3) is 11.0 Å². The Morgan fingerprint density at radius 3 is 2.86 bits per heavy atom. The van der Waals surface area contributed by atoms with Crippen molar-refractivity contribution in [2.45, 2.75) is 6.54 Å². The molecule has 3 heteroatoms. The molecule has 0 aliphatic carbocycles. The molecular weight excluding hydrogens is 178 g/mol. The Morgan fingerprint density at radius 2 is 2.14 bits per heavy atom. The lowest BCUT2D eigenvalue weighted by molar-refractivity contribution is 0.401. The van der Waals surface area contributed by atoms with Crippen LogP contribution < -0.4 is 0 Å². The third-order valence-electron chi connectivity index (χ3n) is 2.13. The van der Waals surface area contributed by atoms with E-state index in [-0.39, 0.29) is 5.75 Å². The first kappa shape index (κ1) is 9.09. The fraction of sp³-hybridized carbons (Fsp3) is 0.273. The first-order valence-corrected chi connectivity index (χ1v) is 4.50. The van der Waals surface area contributed by atoms with Crippen LogP contribution in [0.4, 0.5) is 0 Å². The minimum absolute atomic E-state index is 0.239. The number of furan rings is 1. The van der Waals surface area contributed by atoms with Gasteiger partial charge in [-0.3, -0.25) is 0 Å². The average molecular weight is 191 g/mol. The molecule has 0 unspecified atom stereocenters. The molecule has 1 N–H and O–H groups in total. The zero-order chi connectivity index (χ0) is 10.1. The van der Waals surface area contributed by atoms with Gasteiger partial charge >= 0.3 is 0 Å². The average Bonchev–Trinajstić information content (AvgIpc) is 2.47. The fourth-order valence-corrected chi connectivity index (χ4v) is 1.54. The Morgan fingerprint density at radius 1 is 1.36 bits per heavy atom. The molecule has 0 radical (unpaired) electrons. The summed E-state index contributed by atoms with van der Waals surface area (Å²) in [6, 6.07) is 5.19. The van der Waals surface area contributed by atoms with Gasteiger partial charge in [0.05, 0.1) is 6.26 Å². The normalized spacial score (nSPS) is 11.4. The highest BCUT2D eigenvalue weighted by Crippen LogP contribution is 2.25. The van der Waals surface area contributed by atoms with E-state index in [1.54, 1.807) is 18.4 Å². The lowest BCUT2D eigenvalue weighted by atomic mass is 10.1. The third kappa shape index (κ3) is 1.59. The van der Waals surface area contributed by atoms with Crippen LogP contribution in [0.15, 0.2) is 28.9 Å². The van der Waals surface area contributed by atoms with Crippen LogP contribution in [-0.4, -0.2) is 24.1 Å². The zero-order valence-electron chi connectivity index (χ0n) is 8.32. The van der Waals surface area contributed by atoms with Crippen molar-refractivity contribution in [1.29, 1.82) is 0 Å². The molecular formula is C11H13NO2. The molecule has 0 spiro atoms. The van der Waals surface area contributed by atoms with Crippen LogP contribution in [0.3, 0.4) is 0 Å². The van der Waals surface area contributed by atoms with E-state index >= 15 is 0 Å². The van der Waals surface area contributed by atoms with E-state index in [0.29, 0.717) is 0 Å². The number of fused-ring (bicyclic) bond motifs is 1. The van der Waals surface area contributed by atoms with Crippen molar-refractivity contribution in [2.75, 3.05) is 14.1 Å². The molecule has 0 atom stereocenters. The molecule has 0 fully saturated rings. The number of hydrogen-bond acceptors (Lipinski definition) is 3. The predicted octanol–water partition coefficient (Wildman–Crippen LogP) is 2.20. The number of nitrogens with zero attached hydrogens (tertiary/aromatic N) is 1. The van der Waals surface area contributed by atoms with Gasteiger partial charge in [0.15, 0.2) is 0 Å². The monoisotopic (exact) mass is 191 g/mol. The topological polar surface area (TPSA) is 36.6 Å². The van der Waals surface area contributed by atoms with Gasteiger partial charge in [0.2, 0.25) is 0 Å². The van der Waals surface area contributed by atoms with Crippen molar-refractivity contribution in [2.24, 2.45) is 0 Å². The minimum atomic E-state index is 0.239. The van der Waals surface area contributed by atoms with Crippen molar-refractivity contribution >= 4 is 11.0 Å². The number of phenols is 1. The molecule has 74 valence electrons. The van der Waals surface area contributed by atoms with Crippen molar-refractivity contribution < 1.29 is 9.52 Å². The van der Waals surface area contributed by atoms with E-state index in [9.17, 15) is 5.11 Å². The van der Waals surface area contributed by atoms with Crippen molar-refractivity contribution in [3.05, 3.63) is 30.0 Å². The molecule has 1 aromatic carbocycles. The first-order valence-electron chi connectivity index (χ1n) is 4.50. The largest absolute Gasteiger partial charge is 0.508 e. The maximum atomic E-state index is 9.25. The number of aromatic hydroxyl groups is 1. The Labute approximate surface area is 82.6 Å². The van der Waals surface area contributed by atoms with Crippen molar-refractivity contribution in [3.63, 3.8) is 0 Å². The first-order chi connectivity index (χ1) is 6.66. The van der Waals surface area contributed by atoms with Crippen LogP contribution in [0.1, 0.15) is 5.56 Å². The maximum absolute atomic E-state index is 9.25. The molecule has 0 amide bonds. The molecule has 2 rings (SSSR count). The van der Waals surface area contributed by atoms with Gasteiger partial charge < -0.3 is 14.4 Å². The Bertz CT molecular complexity index is 445. The minimum Gasteiger partial charge on any atom is -0.508 e. The molecule has 0 saturated carbocycles. The van der Waals surface area contributed by atoms with Crippen molar-refractivity contribution in [3.8, 4) is 5.75 Å². The lowest BCUT2D eigenvalue weighted by Crippen LogP contribution is -2.09. The number of phenolic OH excluding ortho intramolecular Hbond substituents is 1. The van der Waals surface area contributed by atoms with E-state index in [2.05, 4.69) is 4.90 Å². The van der Waals surface area contributed by atoms with Crippen LogP contribution >= 0.6 is 0 Å². The second-order valence-corrected chi connectivity index (χ2v) is 3.68. The van der Waals surface area contributed by atoms with E-state index in [1.807, 2.05) is 20.2 Å². The van der Waals surface area contributed by atoms with Gasteiger partial charge in [0.1, 0.15) is 11.3 Å². The molecule has 1 heterocycles. The van der Waals surface area contributed by atoms with Crippen LogP contribution in [0.2, 0.25) is 0 Å². The number of hydrogen-bond donors (Lipinski definition) is 1. The summed E-state index contributed by atoms with van der Waals surface area (Å²) in [7, 11) is 4.03. The van der Waals surface area contributed by atoms with Gasteiger partial charge in [-0.2, -0.15) is 0 Å². The van der Waals surface area contributed by atoms with Gasteiger partial charge in [0, 0.05) is 23.6 Å². The van der Waals surface area contributed by atoms with Gasteiger partial charge in [0.25, 0.3) is 0 Å². The van der Waals surface area contributed by atoms with Gasteiger partial charge in [-0.05, 0) is 26.2 Å². The Hall–Kier alpha value is -1.48. The summed E-state index contributed by atoms with van der Waals surface area (Å²) in [5.41, 5.74) is 1.88. The van der Waals surface area contributed by atoms with E-state index in [1.165, 1.54) is 0 Å². The second-order valence-electron chi connectivity index (χ2n) is 3.68. The highest BCUT2D eigenvalue weighted by atomic mass is 16.3. The summed E-state index contributed by atoms with van der Waals surface area (Å²) in [5.74, 6) is 0.239. The molecule has 3 nitrogen and oxygen atoms in total. The van der Waals surface area contributed by atoms with Crippen molar-refractivity contribution in [1.82, 2.24) is 4.90 Å². The third-order valence-corrected chi connectivity index (χ3v) is 2.13. The number of rotatable bonds is 2. The lowest BCUT2D eigenvalue weighted by Gasteiger charge is -2.06. The summed E-state index contributed by atoms with van der Waals surface area (Å²) in [5, 5.41) is 10.3. The Balaban J connectivity index is 2.47.